The smallest absolute Gasteiger partial charge is 0.108 e. The summed E-state index contributed by atoms with van der Waals surface area (Å²) < 4.78 is 0. The first-order valence-electron chi connectivity index (χ1n) is 5.56. The number of aromatic nitrogens is 1. The molecule has 1 fully saturated rings. The molecule has 0 aromatic carbocycles. The Labute approximate surface area is 90.5 Å². The SMILES string of the molecule is CNC1CCCC(O)(c2ccccn2)C1. The Kier molecular flexibility index (Phi) is 3.03. The number of nitrogens with zero attached hydrogens (tertiary/aromatic N) is 1. The lowest BCUT2D eigenvalue weighted by molar-refractivity contribution is -0.0151. The molecule has 1 aromatic heterocycles. The summed E-state index contributed by atoms with van der Waals surface area (Å²) >= 11 is 0. The number of hydrogen-bond acceptors (Lipinski definition) is 3. The standard InChI is InChI=1S/C12H18N2O/c1-13-10-5-4-7-12(15,9-10)11-6-2-3-8-14-11/h2-3,6,8,10,13,15H,4-5,7,9H2,1H3. The second-order valence-corrected chi connectivity index (χ2v) is 4.33. The molecule has 82 valence electrons. The Balaban J connectivity index is 2.19. The van der Waals surface area contributed by atoms with E-state index in [9.17, 15) is 5.11 Å². The molecule has 0 saturated heterocycles. The molecular weight excluding hydrogens is 188 g/mol. The normalized spacial score (nSPS) is 31.5. The summed E-state index contributed by atoms with van der Waals surface area (Å²) in [6.07, 6.45) is 5.53. The van der Waals surface area contributed by atoms with Crippen LogP contribution in [0, 0.1) is 0 Å². The van der Waals surface area contributed by atoms with Crippen molar-refractivity contribution >= 4 is 0 Å². The number of pyridine rings is 1. The van der Waals surface area contributed by atoms with Gasteiger partial charge in [0.15, 0.2) is 0 Å². The first kappa shape index (κ1) is 10.6. The summed E-state index contributed by atoms with van der Waals surface area (Å²) in [7, 11) is 1.95. The molecule has 1 aliphatic carbocycles. The van der Waals surface area contributed by atoms with E-state index in [1.165, 1.54) is 0 Å². The van der Waals surface area contributed by atoms with E-state index in [1.54, 1.807) is 6.20 Å². The monoisotopic (exact) mass is 206 g/mol. The van der Waals surface area contributed by atoms with E-state index in [1.807, 2.05) is 25.2 Å². The summed E-state index contributed by atoms with van der Waals surface area (Å²) in [5.41, 5.74) is 0.0812. The highest BCUT2D eigenvalue weighted by Gasteiger charge is 2.36. The van der Waals surface area contributed by atoms with Crippen LogP contribution in [0.2, 0.25) is 0 Å². The molecule has 1 heterocycles. The average Bonchev–Trinajstić information content (AvgIpc) is 2.30. The van der Waals surface area contributed by atoms with Crippen LogP contribution in [-0.4, -0.2) is 23.2 Å². The Bertz CT molecular complexity index is 315. The van der Waals surface area contributed by atoms with E-state index in [-0.39, 0.29) is 0 Å². The van der Waals surface area contributed by atoms with Gasteiger partial charge in [0.25, 0.3) is 0 Å². The quantitative estimate of drug-likeness (QED) is 0.769. The minimum atomic E-state index is -0.729. The minimum absolute atomic E-state index is 0.408. The Morgan fingerprint density at radius 2 is 2.40 bits per heavy atom. The van der Waals surface area contributed by atoms with Crippen LogP contribution in [0.15, 0.2) is 24.4 Å². The number of rotatable bonds is 2. The van der Waals surface area contributed by atoms with Gasteiger partial charge >= 0.3 is 0 Å². The maximum Gasteiger partial charge on any atom is 0.108 e. The lowest BCUT2D eigenvalue weighted by Crippen LogP contribution is -2.41. The van der Waals surface area contributed by atoms with Crippen molar-refractivity contribution in [2.75, 3.05) is 7.05 Å². The van der Waals surface area contributed by atoms with Crippen molar-refractivity contribution in [2.24, 2.45) is 0 Å². The van der Waals surface area contributed by atoms with E-state index in [0.29, 0.717) is 6.04 Å². The van der Waals surface area contributed by atoms with Crippen molar-refractivity contribution in [1.82, 2.24) is 10.3 Å². The molecule has 2 unspecified atom stereocenters. The van der Waals surface area contributed by atoms with Gasteiger partial charge < -0.3 is 10.4 Å². The zero-order chi connectivity index (χ0) is 10.7. The number of hydrogen-bond donors (Lipinski definition) is 2. The third kappa shape index (κ3) is 2.19. The summed E-state index contributed by atoms with van der Waals surface area (Å²) in [5, 5.41) is 13.8. The molecule has 0 aliphatic heterocycles. The molecule has 1 saturated carbocycles. The van der Waals surface area contributed by atoms with E-state index >= 15 is 0 Å². The molecule has 2 atom stereocenters. The maximum absolute atomic E-state index is 10.5. The molecule has 2 rings (SSSR count). The second kappa shape index (κ2) is 4.29. The highest BCUT2D eigenvalue weighted by molar-refractivity contribution is 5.14. The van der Waals surface area contributed by atoms with Crippen molar-refractivity contribution in [3.63, 3.8) is 0 Å². The molecule has 3 heteroatoms. The van der Waals surface area contributed by atoms with Crippen LogP contribution < -0.4 is 5.32 Å². The van der Waals surface area contributed by atoms with Crippen LogP contribution in [-0.2, 0) is 5.60 Å². The number of aliphatic hydroxyl groups is 1. The van der Waals surface area contributed by atoms with Crippen LogP contribution in [0.5, 0.6) is 0 Å². The molecule has 0 radical (unpaired) electrons. The van der Waals surface area contributed by atoms with Crippen LogP contribution in [0.4, 0.5) is 0 Å². The molecule has 2 N–H and O–H groups in total. The van der Waals surface area contributed by atoms with Crippen LogP contribution in [0.1, 0.15) is 31.4 Å². The van der Waals surface area contributed by atoms with E-state index in [4.69, 9.17) is 0 Å². The average molecular weight is 206 g/mol. The van der Waals surface area contributed by atoms with Gasteiger partial charge in [-0.15, -0.1) is 0 Å². The van der Waals surface area contributed by atoms with Crippen molar-refractivity contribution in [3.05, 3.63) is 30.1 Å². The fraction of sp³-hybridized carbons (Fsp3) is 0.583. The molecule has 0 amide bonds. The fourth-order valence-corrected chi connectivity index (χ4v) is 2.37. The van der Waals surface area contributed by atoms with Crippen molar-refractivity contribution in [2.45, 2.75) is 37.3 Å². The van der Waals surface area contributed by atoms with E-state index in [0.717, 1.165) is 31.4 Å². The summed E-state index contributed by atoms with van der Waals surface area (Å²) in [4.78, 5) is 4.27. The molecule has 15 heavy (non-hydrogen) atoms. The third-order valence-electron chi connectivity index (χ3n) is 3.28. The Hall–Kier alpha value is -0.930. The Morgan fingerprint density at radius 3 is 3.07 bits per heavy atom. The third-order valence-corrected chi connectivity index (χ3v) is 3.28. The summed E-state index contributed by atoms with van der Waals surface area (Å²) in [6.45, 7) is 0. The first-order valence-corrected chi connectivity index (χ1v) is 5.56. The molecule has 0 spiro atoms. The van der Waals surface area contributed by atoms with Crippen LogP contribution in [0.3, 0.4) is 0 Å². The predicted molar refractivity (Wildman–Crippen MR) is 59.4 cm³/mol. The largest absolute Gasteiger partial charge is 0.383 e. The first-order chi connectivity index (χ1) is 7.24. The van der Waals surface area contributed by atoms with Gasteiger partial charge in [0.1, 0.15) is 5.60 Å². The summed E-state index contributed by atoms with van der Waals surface area (Å²) in [5.74, 6) is 0. The van der Waals surface area contributed by atoms with Gasteiger partial charge in [-0.05, 0) is 44.9 Å². The topological polar surface area (TPSA) is 45.1 Å². The highest BCUT2D eigenvalue weighted by atomic mass is 16.3. The van der Waals surface area contributed by atoms with E-state index in [2.05, 4.69) is 10.3 Å². The second-order valence-electron chi connectivity index (χ2n) is 4.33. The van der Waals surface area contributed by atoms with Crippen LogP contribution in [0.25, 0.3) is 0 Å². The zero-order valence-electron chi connectivity index (χ0n) is 9.11. The van der Waals surface area contributed by atoms with Gasteiger partial charge in [-0.25, -0.2) is 0 Å². The Morgan fingerprint density at radius 1 is 1.53 bits per heavy atom. The van der Waals surface area contributed by atoms with Crippen LogP contribution >= 0.6 is 0 Å². The van der Waals surface area contributed by atoms with Crippen molar-refractivity contribution in [1.29, 1.82) is 0 Å². The van der Waals surface area contributed by atoms with Crippen molar-refractivity contribution < 1.29 is 5.11 Å². The van der Waals surface area contributed by atoms with Gasteiger partial charge in [-0.1, -0.05) is 6.07 Å². The lowest BCUT2D eigenvalue weighted by atomic mass is 9.79. The van der Waals surface area contributed by atoms with Gasteiger partial charge in [-0.3, -0.25) is 4.98 Å². The minimum Gasteiger partial charge on any atom is -0.383 e. The van der Waals surface area contributed by atoms with Gasteiger partial charge in [0.05, 0.1) is 5.69 Å². The van der Waals surface area contributed by atoms with Gasteiger partial charge in [0.2, 0.25) is 0 Å². The molecular formula is C12H18N2O. The predicted octanol–water partition coefficient (Wildman–Crippen LogP) is 1.43. The molecule has 0 bridgehead atoms. The van der Waals surface area contributed by atoms with E-state index < -0.39 is 5.60 Å². The molecule has 1 aromatic rings. The highest BCUT2D eigenvalue weighted by Crippen LogP contribution is 2.35. The number of nitrogens with one attached hydrogen (secondary N) is 1. The summed E-state index contributed by atoms with van der Waals surface area (Å²) in [6, 6.07) is 6.14. The zero-order valence-corrected chi connectivity index (χ0v) is 9.11. The maximum atomic E-state index is 10.5. The molecule has 3 nitrogen and oxygen atoms in total. The van der Waals surface area contributed by atoms with Gasteiger partial charge in [0, 0.05) is 12.2 Å². The molecule has 1 aliphatic rings. The lowest BCUT2D eigenvalue weighted by Gasteiger charge is -2.36. The van der Waals surface area contributed by atoms with Crippen molar-refractivity contribution in [3.8, 4) is 0 Å². The fourth-order valence-electron chi connectivity index (χ4n) is 2.37. The van der Waals surface area contributed by atoms with Gasteiger partial charge in [-0.2, -0.15) is 0 Å².